The Hall–Kier alpha value is -3.96. The Morgan fingerprint density at radius 2 is 1.91 bits per heavy atom. The van der Waals surface area contributed by atoms with E-state index in [9.17, 15) is 23.2 Å². The highest BCUT2D eigenvalue weighted by atomic mass is 35.5. The Kier molecular flexibility index (Phi) is 6.46. The number of anilines is 1. The van der Waals surface area contributed by atoms with E-state index in [0.29, 0.717) is 17.9 Å². The molecule has 0 radical (unpaired) electrons. The number of hydrogen-bond acceptors (Lipinski definition) is 4. The van der Waals surface area contributed by atoms with Gasteiger partial charge in [-0.3, -0.25) is 4.79 Å². The van der Waals surface area contributed by atoms with E-state index in [-0.39, 0.29) is 40.3 Å². The molecule has 1 amide bonds. The quantitative estimate of drug-likeness (QED) is 0.438. The predicted octanol–water partition coefficient (Wildman–Crippen LogP) is 6.47. The summed E-state index contributed by atoms with van der Waals surface area (Å²) in [5.41, 5.74) is 7.29. The lowest BCUT2D eigenvalue weighted by Gasteiger charge is -2.18. The van der Waals surface area contributed by atoms with Crippen LogP contribution in [0.1, 0.15) is 34.6 Å². The fourth-order valence-electron chi connectivity index (χ4n) is 3.90. The number of hydrogen-bond donors (Lipinski definition) is 1. The third-order valence-corrected chi connectivity index (χ3v) is 6.04. The van der Waals surface area contributed by atoms with Crippen molar-refractivity contribution < 1.29 is 22.7 Å². The molecule has 1 fully saturated rings. The summed E-state index contributed by atoms with van der Waals surface area (Å²) >= 11 is 6.25. The van der Waals surface area contributed by atoms with E-state index in [2.05, 4.69) is 6.58 Å². The zero-order valence-electron chi connectivity index (χ0n) is 18.3. The van der Waals surface area contributed by atoms with Gasteiger partial charge in [-0.15, -0.1) is 0 Å². The zero-order valence-corrected chi connectivity index (χ0v) is 19.0. The third kappa shape index (κ3) is 5.10. The Morgan fingerprint density at radius 3 is 2.60 bits per heavy atom. The first-order chi connectivity index (χ1) is 16.6. The molecule has 3 aromatic carbocycles. The topological polar surface area (TPSA) is 79.3 Å². The summed E-state index contributed by atoms with van der Waals surface area (Å²) in [6.07, 6.45) is -4.37. The highest BCUT2D eigenvalue weighted by molar-refractivity contribution is 6.32. The third-order valence-electron chi connectivity index (χ3n) is 5.73. The number of carbonyl (C=O) groups excluding carboxylic acids is 1. The summed E-state index contributed by atoms with van der Waals surface area (Å²) in [6, 6.07) is 16.5. The van der Waals surface area contributed by atoms with Gasteiger partial charge in [-0.25, -0.2) is 0 Å². The molecule has 1 aliphatic heterocycles. The van der Waals surface area contributed by atoms with Crippen LogP contribution in [0.4, 0.5) is 18.9 Å². The number of ether oxygens (including phenoxy) is 1. The minimum atomic E-state index is -4.60. The van der Waals surface area contributed by atoms with Crippen LogP contribution in [-0.2, 0) is 11.0 Å². The Balaban J connectivity index is 1.61. The highest BCUT2D eigenvalue weighted by Gasteiger charge is 2.33. The molecule has 9 heteroatoms. The van der Waals surface area contributed by atoms with Gasteiger partial charge in [0.15, 0.2) is 0 Å². The molecule has 0 saturated carbocycles. The summed E-state index contributed by atoms with van der Waals surface area (Å²) in [5.74, 6) is -0.461. The molecule has 0 aliphatic carbocycles. The molecular formula is C26H19ClF3N3O2. The fourth-order valence-corrected chi connectivity index (χ4v) is 4.06. The van der Waals surface area contributed by atoms with E-state index < -0.39 is 11.7 Å². The van der Waals surface area contributed by atoms with Crippen molar-refractivity contribution in [3.05, 3.63) is 94.5 Å². The van der Waals surface area contributed by atoms with E-state index in [4.69, 9.17) is 22.1 Å². The van der Waals surface area contributed by atoms with Gasteiger partial charge in [-0.1, -0.05) is 36.4 Å². The van der Waals surface area contributed by atoms with Gasteiger partial charge in [-0.05, 0) is 53.6 Å². The van der Waals surface area contributed by atoms with Crippen LogP contribution in [0.3, 0.4) is 0 Å². The number of amides is 1. The highest BCUT2D eigenvalue weighted by Crippen LogP contribution is 2.39. The van der Waals surface area contributed by atoms with Gasteiger partial charge in [0.1, 0.15) is 17.6 Å². The fraction of sp³-hybridized carbons (Fsp3) is 0.154. The largest absolute Gasteiger partial charge is 0.454 e. The second-order valence-electron chi connectivity index (χ2n) is 8.09. The Morgan fingerprint density at radius 1 is 1.14 bits per heavy atom. The molecule has 178 valence electrons. The summed E-state index contributed by atoms with van der Waals surface area (Å²) in [5, 5.41) is 9.46. The van der Waals surface area contributed by atoms with Crippen LogP contribution < -0.4 is 15.4 Å². The van der Waals surface area contributed by atoms with Crippen LogP contribution in [0, 0.1) is 11.3 Å². The van der Waals surface area contributed by atoms with Gasteiger partial charge >= 0.3 is 6.18 Å². The smallest absolute Gasteiger partial charge is 0.416 e. The Bertz CT molecular complexity index is 1360. The van der Waals surface area contributed by atoms with Crippen LogP contribution in [-0.4, -0.2) is 12.5 Å². The van der Waals surface area contributed by atoms with Crippen molar-refractivity contribution in [1.29, 1.82) is 5.26 Å². The van der Waals surface area contributed by atoms with Gasteiger partial charge in [0.2, 0.25) is 5.91 Å². The number of carbonyl (C=O) groups is 1. The molecule has 1 saturated heterocycles. The predicted molar refractivity (Wildman–Crippen MR) is 127 cm³/mol. The van der Waals surface area contributed by atoms with E-state index in [1.807, 2.05) is 6.07 Å². The summed E-state index contributed by atoms with van der Waals surface area (Å²) < 4.78 is 45.2. The van der Waals surface area contributed by atoms with Crippen LogP contribution in [0.15, 0.2) is 67.2 Å². The van der Waals surface area contributed by atoms with E-state index in [1.54, 1.807) is 47.4 Å². The molecule has 4 rings (SSSR count). The summed E-state index contributed by atoms with van der Waals surface area (Å²) in [6.45, 7) is 4.11. The first-order valence-electron chi connectivity index (χ1n) is 10.5. The first kappa shape index (κ1) is 24.2. The molecule has 1 heterocycles. The number of nitrogens with zero attached hydrogens (tertiary/aromatic N) is 2. The number of alkyl halides is 3. The van der Waals surface area contributed by atoms with Crippen molar-refractivity contribution >= 4 is 28.9 Å². The van der Waals surface area contributed by atoms with Crippen LogP contribution in [0.2, 0.25) is 5.02 Å². The van der Waals surface area contributed by atoms with Crippen LogP contribution in [0.25, 0.3) is 5.70 Å². The van der Waals surface area contributed by atoms with E-state index in [0.717, 1.165) is 29.3 Å². The normalized spacial score (nSPS) is 15.7. The number of nitriles is 1. The summed E-state index contributed by atoms with van der Waals surface area (Å²) in [4.78, 5) is 14.4. The van der Waals surface area contributed by atoms with Gasteiger partial charge < -0.3 is 15.4 Å². The Labute approximate surface area is 204 Å². The molecule has 35 heavy (non-hydrogen) atoms. The number of benzene rings is 3. The lowest BCUT2D eigenvalue weighted by Crippen LogP contribution is -2.24. The standard InChI is InChI=1S/C26H19ClF3N3O2/c1-15(32)16-3-2-4-21(9-16)33-14-19(11-25(33)34)17-6-8-22(27)24(10-17)35-23-12-20(26(28,29)30)7-5-18(23)13-31/h2-10,12,19H,1,11,14,32H2/t19-/m0/s1. The minimum Gasteiger partial charge on any atom is -0.454 e. The molecule has 0 spiro atoms. The SMILES string of the molecule is C=C(N)c1cccc(N2C[C@@H](c3ccc(Cl)c(Oc4cc(C(F)(F)F)ccc4C#N)c3)CC2=O)c1. The summed E-state index contributed by atoms with van der Waals surface area (Å²) in [7, 11) is 0. The maximum Gasteiger partial charge on any atom is 0.416 e. The second kappa shape index (κ2) is 9.35. The molecule has 1 atom stereocenters. The van der Waals surface area contributed by atoms with Crippen molar-refractivity contribution in [3.63, 3.8) is 0 Å². The maximum atomic E-state index is 13.2. The molecule has 3 aromatic rings. The van der Waals surface area contributed by atoms with Crippen LogP contribution >= 0.6 is 11.6 Å². The van der Waals surface area contributed by atoms with Gasteiger partial charge in [0, 0.05) is 30.3 Å². The molecule has 2 N–H and O–H groups in total. The average Bonchev–Trinajstić information content (AvgIpc) is 3.21. The van der Waals surface area contributed by atoms with E-state index >= 15 is 0 Å². The van der Waals surface area contributed by atoms with Crippen molar-refractivity contribution in [2.45, 2.75) is 18.5 Å². The molecule has 5 nitrogen and oxygen atoms in total. The molecule has 0 unspecified atom stereocenters. The average molecular weight is 498 g/mol. The number of rotatable bonds is 5. The lowest BCUT2D eigenvalue weighted by atomic mass is 9.98. The van der Waals surface area contributed by atoms with Gasteiger partial charge in [0.25, 0.3) is 0 Å². The van der Waals surface area contributed by atoms with Crippen molar-refractivity contribution in [2.24, 2.45) is 5.73 Å². The second-order valence-corrected chi connectivity index (χ2v) is 8.50. The lowest BCUT2D eigenvalue weighted by molar-refractivity contribution is -0.137. The van der Waals surface area contributed by atoms with Crippen molar-refractivity contribution in [3.8, 4) is 17.6 Å². The number of nitrogens with two attached hydrogens (primary N) is 1. The minimum absolute atomic E-state index is 0.0666. The monoisotopic (exact) mass is 497 g/mol. The number of halogens is 4. The van der Waals surface area contributed by atoms with Crippen LogP contribution in [0.5, 0.6) is 11.5 Å². The van der Waals surface area contributed by atoms with Gasteiger partial charge in [-0.2, -0.15) is 18.4 Å². The molecular weight excluding hydrogens is 479 g/mol. The van der Waals surface area contributed by atoms with Crippen molar-refractivity contribution in [1.82, 2.24) is 0 Å². The molecule has 1 aliphatic rings. The van der Waals surface area contributed by atoms with Gasteiger partial charge in [0.05, 0.1) is 16.1 Å². The molecule has 0 aromatic heterocycles. The maximum absolute atomic E-state index is 13.2. The van der Waals surface area contributed by atoms with E-state index in [1.165, 1.54) is 0 Å². The first-order valence-corrected chi connectivity index (χ1v) is 10.9. The zero-order chi connectivity index (χ0) is 25.3. The van der Waals surface area contributed by atoms with Crippen molar-refractivity contribution in [2.75, 3.05) is 11.4 Å². The molecule has 0 bridgehead atoms.